The molecule has 0 unspecified atom stereocenters. The monoisotopic (exact) mass is 469 g/mol. The standard InChI is InChI=1S/C20H21Cl2N3O4S/c1-30(28,29)25(14-8-9-16(21)17(22)12-14)13-19(26)23-18-7-3-2-6-15(18)20(27)24-10-4-5-11-24/h2-3,6-9,12H,4-5,10-11,13H2,1H3,(H,23,26). The highest BCUT2D eigenvalue weighted by atomic mass is 35.5. The fourth-order valence-electron chi connectivity index (χ4n) is 3.23. The Labute approximate surface area is 185 Å². The molecule has 160 valence electrons. The molecule has 2 aromatic rings. The molecule has 1 saturated heterocycles. The maximum absolute atomic E-state index is 12.8. The molecule has 2 aromatic carbocycles. The van der Waals surface area contributed by atoms with Crippen LogP contribution in [0, 0.1) is 0 Å². The van der Waals surface area contributed by atoms with Crippen LogP contribution < -0.4 is 9.62 Å². The molecular weight excluding hydrogens is 449 g/mol. The molecule has 0 radical (unpaired) electrons. The lowest BCUT2D eigenvalue weighted by atomic mass is 10.1. The van der Waals surface area contributed by atoms with E-state index < -0.39 is 22.5 Å². The quantitative estimate of drug-likeness (QED) is 0.699. The fourth-order valence-corrected chi connectivity index (χ4v) is 4.37. The van der Waals surface area contributed by atoms with Gasteiger partial charge in [0.05, 0.1) is 33.2 Å². The first-order valence-electron chi connectivity index (χ1n) is 9.28. The summed E-state index contributed by atoms with van der Waals surface area (Å²) in [5.41, 5.74) is 0.915. The Morgan fingerprint density at radius 2 is 1.73 bits per heavy atom. The third-order valence-corrected chi connectivity index (χ3v) is 6.58. The second-order valence-electron chi connectivity index (χ2n) is 6.96. The lowest BCUT2D eigenvalue weighted by molar-refractivity contribution is -0.114. The number of likely N-dealkylation sites (tertiary alicyclic amines) is 1. The largest absolute Gasteiger partial charge is 0.339 e. The van der Waals surface area contributed by atoms with Crippen molar-refractivity contribution >= 4 is 56.4 Å². The number of para-hydroxylation sites is 1. The van der Waals surface area contributed by atoms with Crippen molar-refractivity contribution in [2.75, 3.05) is 35.5 Å². The average molecular weight is 470 g/mol. The molecule has 30 heavy (non-hydrogen) atoms. The van der Waals surface area contributed by atoms with Crippen molar-refractivity contribution in [1.82, 2.24) is 4.90 Å². The third kappa shape index (κ3) is 5.24. The summed E-state index contributed by atoms with van der Waals surface area (Å²) in [6, 6.07) is 11.0. The minimum Gasteiger partial charge on any atom is -0.339 e. The van der Waals surface area contributed by atoms with Gasteiger partial charge in [0.2, 0.25) is 15.9 Å². The zero-order valence-corrected chi connectivity index (χ0v) is 18.6. The van der Waals surface area contributed by atoms with E-state index in [0.29, 0.717) is 24.3 Å². The Morgan fingerprint density at radius 3 is 2.37 bits per heavy atom. The van der Waals surface area contributed by atoms with Crippen LogP contribution in [0.5, 0.6) is 0 Å². The van der Waals surface area contributed by atoms with E-state index in [1.54, 1.807) is 29.2 Å². The smallest absolute Gasteiger partial charge is 0.255 e. The van der Waals surface area contributed by atoms with Crippen LogP contribution in [0.4, 0.5) is 11.4 Å². The Bertz CT molecular complexity index is 1070. The van der Waals surface area contributed by atoms with Crippen LogP contribution >= 0.6 is 23.2 Å². The van der Waals surface area contributed by atoms with Gasteiger partial charge in [0.25, 0.3) is 5.91 Å². The summed E-state index contributed by atoms with van der Waals surface area (Å²) in [4.78, 5) is 27.2. The van der Waals surface area contributed by atoms with Gasteiger partial charge in [0.1, 0.15) is 6.54 Å². The molecule has 1 heterocycles. The van der Waals surface area contributed by atoms with Gasteiger partial charge in [-0.1, -0.05) is 35.3 Å². The topological polar surface area (TPSA) is 86.8 Å². The van der Waals surface area contributed by atoms with E-state index >= 15 is 0 Å². The molecule has 10 heteroatoms. The number of hydrogen-bond acceptors (Lipinski definition) is 4. The summed E-state index contributed by atoms with van der Waals surface area (Å²) < 4.78 is 25.5. The molecule has 7 nitrogen and oxygen atoms in total. The highest BCUT2D eigenvalue weighted by molar-refractivity contribution is 7.92. The van der Waals surface area contributed by atoms with Gasteiger partial charge in [-0.05, 0) is 43.2 Å². The summed E-state index contributed by atoms with van der Waals surface area (Å²) in [5.74, 6) is -0.749. The molecule has 0 saturated carbocycles. The maximum Gasteiger partial charge on any atom is 0.255 e. The molecule has 0 spiro atoms. The Hall–Kier alpha value is -2.29. The number of benzene rings is 2. The van der Waals surface area contributed by atoms with Crippen molar-refractivity contribution in [3.8, 4) is 0 Å². The number of sulfonamides is 1. The Morgan fingerprint density at radius 1 is 1.07 bits per heavy atom. The van der Waals surface area contributed by atoms with E-state index in [1.807, 2.05) is 0 Å². The highest BCUT2D eigenvalue weighted by Gasteiger charge is 2.25. The molecule has 3 rings (SSSR count). The van der Waals surface area contributed by atoms with E-state index in [-0.39, 0.29) is 21.6 Å². The zero-order valence-electron chi connectivity index (χ0n) is 16.3. The first-order chi connectivity index (χ1) is 14.2. The second kappa shape index (κ2) is 9.24. The van der Waals surface area contributed by atoms with Gasteiger partial charge in [-0.15, -0.1) is 0 Å². The Balaban J connectivity index is 1.81. The van der Waals surface area contributed by atoms with Crippen LogP contribution in [0.25, 0.3) is 0 Å². The van der Waals surface area contributed by atoms with Crippen molar-refractivity contribution < 1.29 is 18.0 Å². The number of amides is 2. The van der Waals surface area contributed by atoms with E-state index in [9.17, 15) is 18.0 Å². The summed E-state index contributed by atoms with van der Waals surface area (Å²) in [6.07, 6.45) is 2.90. The van der Waals surface area contributed by atoms with Crippen molar-refractivity contribution in [2.45, 2.75) is 12.8 Å². The number of anilines is 2. The number of carbonyl (C=O) groups is 2. The van der Waals surface area contributed by atoms with E-state index in [2.05, 4.69) is 5.32 Å². The zero-order chi connectivity index (χ0) is 21.9. The number of nitrogens with zero attached hydrogens (tertiary/aromatic N) is 2. The van der Waals surface area contributed by atoms with Gasteiger partial charge in [-0.2, -0.15) is 0 Å². The molecule has 1 aliphatic heterocycles. The van der Waals surface area contributed by atoms with Crippen LogP contribution in [-0.4, -0.2) is 51.0 Å². The Kier molecular flexibility index (Phi) is 6.90. The number of hydrogen-bond donors (Lipinski definition) is 1. The molecule has 2 amide bonds. The summed E-state index contributed by atoms with van der Waals surface area (Å²) >= 11 is 11.9. The second-order valence-corrected chi connectivity index (χ2v) is 9.68. The molecule has 1 N–H and O–H groups in total. The third-order valence-electron chi connectivity index (χ3n) is 4.70. The molecule has 0 bridgehead atoms. The van der Waals surface area contributed by atoms with Gasteiger partial charge in [0.15, 0.2) is 0 Å². The summed E-state index contributed by atoms with van der Waals surface area (Å²) in [6.45, 7) is 0.879. The van der Waals surface area contributed by atoms with Gasteiger partial charge in [0, 0.05) is 13.1 Å². The normalized spacial score (nSPS) is 13.9. The summed E-state index contributed by atoms with van der Waals surface area (Å²) in [7, 11) is -3.78. The van der Waals surface area contributed by atoms with E-state index in [1.165, 1.54) is 18.2 Å². The first-order valence-corrected chi connectivity index (χ1v) is 11.9. The minimum absolute atomic E-state index is 0.159. The fraction of sp³-hybridized carbons (Fsp3) is 0.300. The van der Waals surface area contributed by atoms with Crippen molar-refractivity contribution in [3.05, 3.63) is 58.1 Å². The number of nitrogens with one attached hydrogen (secondary N) is 1. The van der Waals surface area contributed by atoms with Crippen molar-refractivity contribution in [3.63, 3.8) is 0 Å². The van der Waals surface area contributed by atoms with Gasteiger partial charge in [-0.25, -0.2) is 8.42 Å². The predicted molar refractivity (Wildman–Crippen MR) is 119 cm³/mol. The molecule has 1 fully saturated rings. The summed E-state index contributed by atoms with van der Waals surface area (Å²) in [5, 5.41) is 3.10. The van der Waals surface area contributed by atoms with Crippen molar-refractivity contribution in [2.24, 2.45) is 0 Å². The molecular formula is C20H21Cl2N3O4S. The van der Waals surface area contributed by atoms with Crippen molar-refractivity contribution in [1.29, 1.82) is 0 Å². The molecule has 1 aliphatic rings. The van der Waals surface area contributed by atoms with Gasteiger partial charge in [-0.3, -0.25) is 13.9 Å². The highest BCUT2D eigenvalue weighted by Crippen LogP contribution is 2.28. The molecule has 0 aromatic heterocycles. The molecule has 0 aliphatic carbocycles. The van der Waals surface area contributed by atoms with Crippen LogP contribution in [0.3, 0.4) is 0 Å². The van der Waals surface area contributed by atoms with Crippen LogP contribution in [0.2, 0.25) is 10.0 Å². The van der Waals surface area contributed by atoms with E-state index in [4.69, 9.17) is 23.2 Å². The predicted octanol–water partition coefficient (Wildman–Crippen LogP) is 3.63. The lowest BCUT2D eigenvalue weighted by Crippen LogP contribution is -2.38. The number of carbonyl (C=O) groups excluding carboxylic acids is 2. The van der Waals surface area contributed by atoms with Crippen LogP contribution in [-0.2, 0) is 14.8 Å². The van der Waals surface area contributed by atoms with Crippen LogP contribution in [0.1, 0.15) is 23.2 Å². The van der Waals surface area contributed by atoms with Gasteiger partial charge < -0.3 is 10.2 Å². The lowest BCUT2D eigenvalue weighted by Gasteiger charge is -2.23. The number of rotatable bonds is 6. The minimum atomic E-state index is -3.78. The number of halogens is 2. The van der Waals surface area contributed by atoms with Gasteiger partial charge >= 0.3 is 0 Å². The maximum atomic E-state index is 12.8. The SMILES string of the molecule is CS(=O)(=O)N(CC(=O)Nc1ccccc1C(=O)N1CCCC1)c1ccc(Cl)c(Cl)c1. The first kappa shape index (κ1) is 22.4. The average Bonchev–Trinajstić information content (AvgIpc) is 3.22. The van der Waals surface area contributed by atoms with Crippen LogP contribution in [0.15, 0.2) is 42.5 Å². The molecule has 0 atom stereocenters. The van der Waals surface area contributed by atoms with E-state index in [0.717, 1.165) is 23.4 Å².